The fourth-order valence-corrected chi connectivity index (χ4v) is 0. The van der Waals surface area contributed by atoms with Gasteiger partial charge in [0.15, 0.2) is 0 Å². The Balaban J connectivity index is 0. The van der Waals surface area contributed by atoms with Crippen molar-refractivity contribution < 1.29 is 109 Å². The summed E-state index contributed by atoms with van der Waals surface area (Å²) in [6.45, 7) is 0. The zero-order valence-corrected chi connectivity index (χ0v) is 11.2. The van der Waals surface area contributed by atoms with Crippen molar-refractivity contribution in [2.75, 3.05) is 0 Å². The third-order valence-corrected chi connectivity index (χ3v) is 0. The fourth-order valence-electron chi connectivity index (χ4n) is 0. The second-order valence-electron chi connectivity index (χ2n) is 0. The molecule has 5 heavy (non-hydrogen) atoms. The van der Waals surface area contributed by atoms with Crippen LogP contribution in [0.1, 0.15) is 0 Å². The summed E-state index contributed by atoms with van der Waals surface area (Å²) < 4.78 is 0. The number of hydrogen-bond acceptors (Lipinski definition) is 0. The molecular weight excluding hydrogens is 346 g/mol. The predicted molar refractivity (Wildman–Crippen MR) is 0.686 cm³/mol. The molecule has 0 N–H and O–H groups in total. The van der Waals surface area contributed by atoms with E-state index in [9.17, 15) is 0 Å². The molecule has 1 nitrogen and oxygen atoms in total. The number of hydrogen-bond donors (Lipinski definition) is 0. The van der Waals surface area contributed by atoms with Gasteiger partial charge in [0.2, 0.25) is 0 Å². The van der Waals surface area contributed by atoms with Crippen LogP contribution in [0.3, 0.4) is 0 Å². The van der Waals surface area contributed by atoms with Crippen molar-refractivity contribution in [3.8, 4) is 0 Å². The molecule has 8 valence electrons. The van der Waals surface area contributed by atoms with Crippen LogP contribution in [-0.2, 0) is 54.1 Å². The monoisotopic (exact) mass is 345 g/mol. The third kappa shape index (κ3) is 18.7. The van der Waals surface area contributed by atoms with Crippen molar-refractivity contribution in [2.45, 2.75) is 0 Å². The third-order valence-electron chi connectivity index (χ3n) is 0. The van der Waals surface area contributed by atoms with Gasteiger partial charge in [-0.3, -0.25) is 0 Å². The molecule has 0 aromatic rings. The average molecular weight is 346 g/mol. The van der Waals surface area contributed by atoms with Crippen LogP contribution in [0.5, 0.6) is 0 Å². The van der Waals surface area contributed by atoms with Crippen LogP contribution in [0.2, 0.25) is 0 Å². The van der Waals surface area contributed by atoms with Gasteiger partial charge < -0.3 is 5.48 Å². The summed E-state index contributed by atoms with van der Waals surface area (Å²) in [5.74, 6) is 0. The average Bonchev–Trinajstić information content (AvgIpc) is 0. The van der Waals surface area contributed by atoms with Crippen molar-refractivity contribution in [1.29, 1.82) is 0 Å². The Morgan fingerprint density at radius 2 is 1.00 bits per heavy atom. The fraction of sp³-hybridized carbons (Fsp3) is 0. The first kappa shape index (κ1) is 40.0. The molecule has 0 aliphatic rings. The molecule has 5 heteroatoms. The van der Waals surface area contributed by atoms with E-state index in [0.29, 0.717) is 0 Å². The van der Waals surface area contributed by atoms with Crippen LogP contribution in [-0.4, -0.2) is 0 Å². The van der Waals surface area contributed by atoms with Crippen molar-refractivity contribution in [3.63, 3.8) is 0 Å². The van der Waals surface area contributed by atoms with Crippen LogP contribution in [0.25, 0.3) is 0 Å². The summed E-state index contributed by atoms with van der Waals surface area (Å²) in [5.41, 5.74) is 0. The van der Waals surface area contributed by atoms with E-state index in [1.54, 1.807) is 0 Å². The van der Waals surface area contributed by atoms with E-state index in [2.05, 4.69) is 0 Å². The summed E-state index contributed by atoms with van der Waals surface area (Å²) in [6.07, 6.45) is 0. The summed E-state index contributed by atoms with van der Waals surface area (Å²) >= 11 is 0. The zero-order chi connectivity index (χ0) is 0. The topological polar surface area (TPSA) is 28.5 Å². The van der Waals surface area contributed by atoms with Gasteiger partial charge in [-0.2, -0.15) is 0 Å². The molecule has 0 aliphatic carbocycles. The quantitative estimate of drug-likeness (QED) is 0.416. The first-order valence-electron chi connectivity index (χ1n) is 0. The Kier molecular flexibility index (Phi) is 210. The Labute approximate surface area is 106 Å². The molecule has 0 aromatic heterocycles. The van der Waals surface area contributed by atoms with Crippen molar-refractivity contribution in [2.24, 2.45) is 0 Å². The molecule has 0 heterocycles. The molecular formula is LaLiNbOZr+11. The van der Waals surface area contributed by atoms with Gasteiger partial charge in [-0.1, -0.05) is 0 Å². The first-order chi connectivity index (χ1) is 0. The van der Waals surface area contributed by atoms with E-state index in [-0.39, 0.29) is 109 Å². The first-order valence-corrected chi connectivity index (χ1v) is 0. The van der Waals surface area contributed by atoms with Gasteiger partial charge in [0.05, 0.1) is 0 Å². The molecule has 0 aliphatic heterocycles. The van der Waals surface area contributed by atoms with E-state index < -0.39 is 0 Å². The van der Waals surface area contributed by atoms with Gasteiger partial charge in [0.1, 0.15) is 0 Å². The van der Waals surface area contributed by atoms with Crippen molar-refractivity contribution in [3.05, 3.63) is 0 Å². The van der Waals surface area contributed by atoms with Gasteiger partial charge in [-0.05, 0) is 0 Å². The minimum absolute atomic E-state index is 0. The molecule has 0 spiro atoms. The van der Waals surface area contributed by atoms with Gasteiger partial charge in [-0.15, -0.1) is 0 Å². The maximum Gasteiger partial charge on any atom is 5.00 e. The van der Waals surface area contributed by atoms with Crippen molar-refractivity contribution in [1.82, 2.24) is 0 Å². The SMILES string of the molecule is [La+3].[Li+].[Nb+5].[O-2].[Zr+4]. The molecule has 0 aromatic carbocycles. The predicted octanol–water partition coefficient (Wildman–Crippen LogP) is -3.12. The molecule has 0 rings (SSSR count). The van der Waals surface area contributed by atoms with Crippen LogP contribution < -0.4 is 18.9 Å². The molecule has 0 fully saturated rings. The van der Waals surface area contributed by atoms with E-state index in [1.165, 1.54) is 0 Å². The molecule has 0 unspecified atom stereocenters. The van der Waals surface area contributed by atoms with Crippen LogP contribution in [0, 0.1) is 35.6 Å². The summed E-state index contributed by atoms with van der Waals surface area (Å²) in [7, 11) is 0. The molecule has 0 saturated carbocycles. The van der Waals surface area contributed by atoms with E-state index in [1.807, 2.05) is 0 Å². The van der Waals surface area contributed by atoms with Crippen LogP contribution >= 0.6 is 0 Å². The van der Waals surface area contributed by atoms with Crippen LogP contribution in [0.15, 0.2) is 0 Å². The van der Waals surface area contributed by atoms with Gasteiger partial charge in [0.25, 0.3) is 0 Å². The second-order valence-corrected chi connectivity index (χ2v) is 0. The standard InChI is InChI=1S/La.Li.Nb.O.Zr/q+3;+1;+5;-2;+4. The second kappa shape index (κ2) is 26.3. The molecule has 0 bridgehead atoms. The molecule has 0 atom stereocenters. The van der Waals surface area contributed by atoms with E-state index >= 15 is 0 Å². The Hall–Kier alpha value is 3.38. The number of rotatable bonds is 0. The Bertz CT molecular complexity index is 11.6. The van der Waals surface area contributed by atoms with Gasteiger partial charge >= 0.3 is 103 Å². The normalized spacial score (nSPS) is 0. The minimum atomic E-state index is 0. The summed E-state index contributed by atoms with van der Waals surface area (Å²) in [5, 5.41) is 0. The minimum Gasteiger partial charge on any atom is -2.00 e. The maximum absolute atomic E-state index is 0. The summed E-state index contributed by atoms with van der Waals surface area (Å²) in [4.78, 5) is 0. The van der Waals surface area contributed by atoms with Gasteiger partial charge in [0, 0.05) is 0 Å². The van der Waals surface area contributed by atoms with Gasteiger partial charge in [-0.25, -0.2) is 0 Å². The maximum atomic E-state index is 0. The smallest absolute Gasteiger partial charge is 2.00 e. The largest absolute Gasteiger partial charge is 5.00 e. The summed E-state index contributed by atoms with van der Waals surface area (Å²) in [6, 6.07) is 0. The van der Waals surface area contributed by atoms with Crippen LogP contribution in [0.4, 0.5) is 0 Å². The zero-order valence-electron chi connectivity index (χ0n) is 2.93. The van der Waals surface area contributed by atoms with E-state index in [0.717, 1.165) is 0 Å². The molecule has 0 amide bonds. The van der Waals surface area contributed by atoms with Crippen molar-refractivity contribution >= 4 is 0 Å². The Morgan fingerprint density at radius 3 is 1.00 bits per heavy atom. The molecule has 0 radical (unpaired) electrons. The van der Waals surface area contributed by atoms with E-state index in [4.69, 9.17) is 0 Å². The molecule has 0 saturated heterocycles. The Morgan fingerprint density at radius 1 is 1.00 bits per heavy atom.